The van der Waals surface area contributed by atoms with E-state index in [1.54, 1.807) is 4.68 Å². The van der Waals surface area contributed by atoms with Crippen molar-refractivity contribution in [2.75, 3.05) is 12.3 Å². The van der Waals surface area contributed by atoms with E-state index >= 15 is 0 Å². The molecule has 0 spiro atoms. The predicted octanol–water partition coefficient (Wildman–Crippen LogP) is 0.290. The van der Waals surface area contributed by atoms with E-state index in [1.807, 2.05) is 20.2 Å². The first-order valence-electron chi connectivity index (χ1n) is 6.66. The summed E-state index contributed by atoms with van der Waals surface area (Å²) >= 11 is 0. The van der Waals surface area contributed by atoms with E-state index in [0.29, 0.717) is 6.54 Å². The van der Waals surface area contributed by atoms with E-state index in [1.165, 1.54) is 0 Å². The molecule has 7 heteroatoms. The molecule has 0 aliphatic carbocycles. The van der Waals surface area contributed by atoms with Crippen molar-refractivity contribution in [3.8, 4) is 0 Å². The molecule has 1 fully saturated rings. The highest BCUT2D eigenvalue weighted by Crippen LogP contribution is 2.09. The molecule has 2 N–H and O–H groups in total. The molecule has 1 atom stereocenters. The zero-order valence-electron chi connectivity index (χ0n) is 11.5. The fourth-order valence-electron chi connectivity index (χ4n) is 2.40. The first-order valence-corrected chi connectivity index (χ1v) is 8.31. The van der Waals surface area contributed by atoms with Crippen molar-refractivity contribution in [3.63, 3.8) is 0 Å². The number of piperidine rings is 1. The average molecular weight is 286 g/mol. The minimum Gasteiger partial charge on any atom is -0.313 e. The molecule has 1 aromatic rings. The van der Waals surface area contributed by atoms with Crippen LogP contribution in [0.3, 0.4) is 0 Å². The van der Waals surface area contributed by atoms with Gasteiger partial charge < -0.3 is 5.32 Å². The molecule has 19 heavy (non-hydrogen) atoms. The highest BCUT2D eigenvalue weighted by Gasteiger charge is 2.20. The summed E-state index contributed by atoms with van der Waals surface area (Å²) in [6, 6.07) is 0.0845. The van der Waals surface area contributed by atoms with Crippen LogP contribution in [0, 0.1) is 6.92 Å². The number of hydrogen-bond donors (Lipinski definition) is 2. The maximum Gasteiger partial charge on any atom is 0.213 e. The zero-order valence-corrected chi connectivity index (χ0v) is 12.3. The summed E-state index contributed by atoms with van der Waals surface area (Å²) in [7, 11) is -1.41. The van der Waals surface area contributed by atoms with Crippen molar-refractivity contribution in [3.05, 3.63) is 17.5 Å². The van der Waals surface area contributed by atoms with Crippen LogP contribution in [0.4, 0.5) is 0 Å². The minimum absolute atomic E-state index is 0.0845. The molecule has 0 radical (unpaired) electrons. The summed E-state index contributed by atoms with van der Waals surface area (Å²) in [6.45, 7) is 3.11. The lowest BCUT2D eigenvalue weighted by atomic mass is 10.1. The third kappa shape index (κ3) is 4.29. The summed E-state index contributed by atoms with van der Waals surface area (Å²) in [5, 5.41) is 7.45. The minimum atomic E-state index is -3.24. The Morgan fingerprint density at radius 1 is 1.53 bits per heavy atom. The van der Waals surface area contributed by atoms with E-state index in [0.717, 1.165) is 37.1 Å². The van der Waals surface area contributed by atoms with Crippen molar-refractivity contribution in [1.82, 2.24) is 19.8 Å². The summed E-state index contributed by atoms with van der Waals surface area (Å²) in [4.78, 5) is 0. The highest BCUT2D eigenvalue weighted by atomic mass is 32.2. The summed E-state index contributed by atoms with van der Waals surface area (Å²) < 4.78 is 28.4. The number of aromatic nitrogens is 2. The van der Waals surface area contributed by atoms with Gasteiger partial charge in [0, 0.05) is 31.4 Å². The lowest BCUT2D eigenvalue weighted by Gasteiger charge is -2.23. The molecule has 6 nitrogen and oxygen atoms in total. The smallest absolute Gasteiger partial charge is 0.213 e. The fraction of sp³-hybridized carbons (Fsp3) is 0.750. The van der Waals surface area contributed by atoms with Crippen molar-refractivity contribution in [2.45, 2.75) is 38.8 Å². The Hall–Kier alpha value is -0.920. The first kappa shape index (κ1) is 14.5. The van der Waals surface area contributed by atoms with Gasteiger partial charge in [-0.25, -0.2) is 13.1 Å². The molecule has 1 aliphatic heterocycles. The van der Waals surface area contributed by atoms with Gasteiger partial charge in [-0.15, -0.1) is 0 Å². The summed E-state index contributed by atoms with van der Waals surface area (Å²) in [5.74, 6) is 0.159. The van der Waals surface area contributed by atoms with Gasteiger partial charge in [-0.2, -0.15) is 5.10 Å². The number of nitrogens with zero attached hydrogens (tertiary/aromatic N) is 2. The van der Waals surface area contributed by atoms with E-state index in [2.05, 4.69) is 15.1 Å². The van der Waals surface area contributed by atoms with Crippen LogP contribution in [-0.4, -0.2) is 36.5 Å². The lowest BCUT2D eigenvalue weighted by Crippen LogP contribution is -2.42. The van der Waals surface area contributed by atoms with Crippen molar-refractivity contribution < 1.29 is 8.42 Å². The van der Waals surface area contributed by atoms with Gasteiger partial charge in [0.2, 0.25) is 10.0 Å². The Balaban J connectivity index is 1.88. The van der Waals surface area contributed by atoms with Crippen molar-refractivity contribution in [2.24, 2.45) is 7.05 Å². The number of sulfonamides is 1. The number of aryl methyl sites for hydroxylation is 2. The summed E-state index contributed by atoms with van der Waals surface area (Å²) in [5.41, 5.74) is 1.78. The van der Waals surface area contributed by atoms with Crippen LogP contribution in [-0.2, 0) is 23.6 Å². The largest absolute Gasteiger partial charge is 0.313 e. The van der Waals surface area contributed by atoms with Crippen molar-refractivity contribution >= 4 is 10.0 Å². The van der Waals surface area contributed by atoms with Crippen LogP contribution in [0.15, 0.2) is 6.20 Å². The molecule has 0 amide bonds. The fourth-order valence-corrected chi connectivity index (χ4v) is 3.71. The Morgan fingerprint density at radius 2 is 2.32 bits per heavy atom. The second-order valence-corrected chi connectivity index (χ2v) is 7.01. The Labute approximate surface area is 114 Å². The molecular weight excluding hydrogens is 264 g/mol. The van der Waals surface area contributed by atoms with Gasteiger partial charge in [-0.1, -0.05) is 6.42 Å². The average Bonchev–Trinajstić information content (AvgIpc) is 2.66. The van der Waals surface area contributed by atoms with E-state index in [-0.39, 0.29) is 11.8 Å². The molecule has 0 saturated carbocycles. The monoisotopic (exact) mass is 286 g/mol. The van der Waals surface area contributed by atoms with E-state index < -0.39 is 10.0 Å². The van der Waals surface area contributed by atoms with Gasteiger partial charge in [-0.05, 0) is 26.3 Å². The van der Waals surface area contributed by atoms with Crippen LogP contribution in [0.1, 0.15) is 30.5 Å². The second-order valence-electron chi connectivity index (χ2n) is 5.16. The number of rotatable bonds is 5. The molecule has 2 heterocycles. The maximum atomic E-state index is 12.0. The van der Waals surface area contributed by atoms with Gasteiger partial charge in [0.25, 0.3) is 0 Å². The van der Waals surface area contributed by atoms with Crippen LogP contribution in [0.5, 0.6) is 0 Å². The van der Waals surface area contributed by atoms with Gasteiger partial charge in [0.15, 0.2) is 0 Å². The van der Waals surface area contributed by atoms with Gasteiger partial charge in [-0.3, -0.25) is 4.68 Å². The quantitative estimate of drug-likeness (QED) is 0.816. The Morgan fingerprint density at radius 3 is 2.89 bits per heavy atom. The molecule has 0 bridgehead atoms. The number of nitrogens with one attached hydrogen (secondary N) is 2. The lowest BCUT2D eigenvalue weighted by molar-refractivity contribution is 0.422. The summed E-state index contributed by atoms with van der Waals surface area (Å²) in [6.07, 6.45) is 5.03. The third-order valence-corrected chi connectivity index (χ3v) is 4.86. The molecule has 0 aromatic carbocycles. The van der Waals surface area contributed by atoms with Gasteiger partial charge in [0.1, 0.15) is 0 Å². The standard InChI is InChI=1S/C12H22N4O2S/c1-10-11(8-16(2)15-10)7-14-19(17,18)9-12-5-3-4-6-13-12/h8,12-14H,3-7,9H2,1-2H3. The zero-order chi connectivity index (χ0) is 13.9. The van der Waals surface area contributed by atoms with Crippen LogP contribution in [0.25, 0.3) is 0 Å². The highest BCUT2D eigenvalue weighted by molar-refractivity contribution is 7.89. The van der Waals surface area contributed by atoms with E-state index in [9.17, 15) is 8.42 Å². The van der Waals surface area contributed by atoms with Crippen LogP contribution in [0.2, 0.25) is 0 Å². The number of hydrogen-bond acceptors (Lipinski definition) is 4. The Bertz CT molecular complexity index is 518. The normalized spacial score (nSPS) is 20.6. The topological polar surface area (TPSA) is 76.0 Å². The molecule has 108 valence electrons. The SMILES string of the molecule is Cc1nn(C)cc1CNS(=O)(=O)CC1CCCCN1. The molecule has 1 aromatic heterocycles. The second kappa shape index (κ2) is 6.02. The van der Waals surface area contributed by atoms with Crippen LogP contribution >= 0.6 is 0 Å². The van der Waals surface area contributed by atoms with Gasteiger partial charge in [0.05, 0.1) is 11.4 Å². The maximum absolute atomic E-state index is 12.0. The molecule has 1 saturated heterocycles. The first-order chi connectivity index (χ1) is 8.96. The molecule has 2 rings (SSSR count). The van der Waals surface area contributed by atoms with Gasteiger partial charge >= 0.3 is 0 Å². The van der Waals surface area contributed by atoms with E-state index in [4.69, 9.17) is 0 Å². The van der Waals surface area contributed by atoms with Crippen molar-refractivity contribution in [1.29, 1.82) is 0 Å². The predicted molar refractivity (Wildman–Crippen MR) is 74.2 cm³/mol. The third-order valence-electron chi connectivity index (χ3n) is 3.43. The van der Waals surface area contributed by atoms with Crippen LogP contribution < -0.4 is 10.0 Å². The molecule has 1 unspecified atom stereocenters. The molecule has 1 aliphatic rings. The molecular formula is C12H22N4O2S. The Kier molecular flexibility index (Phi) is 4.59.